The maximum absolute atomic E-state index is 12.1. The van der Waals surface area contributed by atoms with Crippen molar-refractivity contribution >= 4 is 16.8 Å². The highest BCUT2D eigenvalue weighted by Gasteiger charge is 2.14. The molecule has 1 aliphatic rings. The lowest BCUT2D eigenvalue weighted by molar-refractivity contribution is -0.122. The maximum atomic E-state index is 12.1. The summed E-state index contributed by atoms with van der Waals surface area (Å²) in [6.45, 7) is 0.893. The second kappa shape index (κ2) is 6.73. The van der Waals surface area contributed by atoms with Gasteiger partial charge in [-0.25, -0.2) is 0 Å². The number of fused-ring (bicyclic) bond motifs is 1. The Morgan fingerprint density at radius 3 is 2.82 bits per heavy atom. The highest BCUT2D eigenvalue weighted by atomic mass is 16.2. The molecule has 116 valence electrons. The summed E-state index contributed by atoms with van der Waals surface area (Å²) in [6, 6.07) is 7.24. The lowest BCUT2D eigenvalue weighted by atomic mass is 9.89. The van der Waals surface area contributed by atoms with Crippen molar-refractivity contribution in [3.8, 4) is 0 Å². The van der Waals surface area contributed by atoms with Gasteiger partial charge in [0.05, 0.1) is 11.7 Å². The molecule has 2 aromatic rings. The molecule has 1 aromatic carbocycles. The molecule has 0 atom stereocenters. The fourth-order valence-electron chi connectivity index (χ4n) is 3.13. The van der Waals surface area contributed by atoms with Crippen LogP contribution in [0, 0.1) is 5.92 Å². The summed E-state index contributed by atoms with van der Waals surface area (Å²) in [5.74, 6) is 0.559. The molecule has 1 aromatic heterocycles. The third-order valence-corrected chi connectivity index (χ3v) is 4.37. The Hall–Kier alpha value is -2.17. The van der Waals surface area contributed by atoms with Crippen LogP contribution in [0.4, 0.5) is 0 Å². The molecule has 0 radical (unpaired) electrons. The number of hydrogen-bond acceptors (Lipinski definition) is 3. The number of rotatable bonds is 4. The summed E-state index contributed by atoms with van der Waals surface area (Å²) < 4.78 is 1.59. The summed E-state index contributed by atoms with van der Waals surface area (Å²) in [7, 11) is 0. The topological polar surface area (TPSA) is 64.0 Å². The smallest absolute Gasteiger partial charge is 0.241 e. The maximum Gasteiger partial charge on any atom is 0.241 e. The van der Waals surface area contributed by atoms with Gasteiger partial charge in [-0.1, -0.05) is 31.4 Å². The van der Waals surface area contributed by atoms with Crippen LogP contribution < -0.4 is 10.7 Å². The van der Waals surface area contributed by atoms with Gasteiger partial charge >= 0.3 is 0 Å². The second-order valence-electron chi connectivity index (χ2n) is 5.99. The summed E-state index contributed by atoms with van der Waals surface area (Å²) in [5, 5.41) is 7.68. The van der Waals surface area contributed by atoms with Crippen molar-refractivity contribution in [2.75, 3.05) is 6.54 Å². The Kier molecular flexibility index (Phi) is 4.51. The predicted octanol–water partition coefficient (Wildman–Crippen LogP) is 2.09. The van der Waals surface area contributed by atoms with Crippen molar-refractivity contribution in [1.29, 1.82) is 0 Å². The summed E-state index contributed by atoms with van der Waals surface area (Å²) in [4.78, 5) is 23.9. The van der Waals surface area contributed by atoms with Crippen molar-refractivity contribution in [2.24, 2.45) is 5.92 Å². The number of nitrogens with one attached hydrogen (secondary N) is 1. The van der Waals surface area contributed by atoms with Gasteiger partial charge in [0, 0.05) is 11.9 Å². The molecule has 1 heterocycles. The van der Waals surface area contributed by atoms with Crippen LogP contribution in [0.15, 0.2) is 35.3 Å². The lowest BCUT2D eigenvalue weighted by Crippen LogP contribution is -2.33. The molecule has 0 aliphatic heterocycles. The van der Waals surface area contributed by atoms with Crippen molar-refractivity contribution in [1.82, 2.24) is 15.1 Å². The van der Waals surface area contributed by atoms with Crippen LogP contribution in [-0.2, 0) is 11.3 Å². The first-order valence-corrected chi connectivity index (χ1v) is 7.95. The van der Waals surface area contributed by atoms with E-state index in [-0.39, 0.29) is 17.9 Å². The number of para-hydroxylation sites is 1. The molecule has 22 heavy (non-hydrogen) atoms. The largest absolute Gasteiger partial charge is 0.354 e. The van der Waals surface area contributed by atoms with E-state index >= 15 is 0 Å². The molecule has 3 rings (SSSR count). The molecule has 1 N–H and O–H groups in total. The molecule has 1 aliphatic carbocycles. The Labute approximate surface area is 129 Å². The lowest BCUT2D eigenvalue weighted by Gasteiger charge is -2.21. The number of carbonyl (C=O) groups is 1. The molecular weight excluding hydrogens is 278 g/mol. The third-order valence-electron chi connectivity index (χ3n) is 4.37. The van der Waals surface area contributed by atoms with E-state index in [1.165, 1.54) is 38.3 Å². The van der Waals surface area contributed by atoms with Gasteiger partial charge < -0.3 is 5.32 Å². The van der Waals surface area contributed by atoms with E-state index in [0.717, 1.165) is 6.54 Å². The average Bonchev–Trinajstić information content (AvgIpc) is 2.57. The van der Waals surface area contributed by atoms with Crippen molar-refractivity contribution in [2.45, 2.75) is 38.6 Å². The van der Waals surface area contributed by atoms with Crippen molar-refractivity contribution in [3.63, 3.8) is 0 Å². The van der Waals surface area contributed by atoms with E-state index in [2.05, 4.69) is 10.4 Å². The van der Waals surface area contributed by atoms with Crippen molar-refractivity contribution in [3.05, 3.63) is 40.7 Å². The van der Waals surface area contributed by atoms with Gasteiger partial charge in [-0.3, -0.25) is 14.3 Å². The third kappa shape index (κ3) is 3.35. The van der Waals surface area contributed by atoms with Crippen LogP contribution in [0.2, 0.25) is 0 Å². The van der Waals surface area contributed by atoms with E-state index in [1.54, 1.807) is 10.7 Å². The highest BCUT2D eigenvalue weighted by molar-refractivity contribution is 5.81. The minimum Gasteiger partial charge on any atom is -0.354 e. The normalized spacial score (nSPS) is 15.8. The van der Waals surface area contributed by atoms with Crippen LogP contribution in [0.25, 0.3) is 10.9 Å². The van der Waals surface area contributed by atoms with Gasteiger partial charge in [-0.05, 0) is 30.9 Å². The quantitative estimate of drug-likeness (QED) is 0.940. The van der Waals surface area contributed by atoms with Crippen LogP contribution in [0.3, 0.4) is 0 Å². The Bertz CT molecular complexity index is 717. The standard InChI is InChI=1S/C17H21N3O2/c21-16-11-19-20(15-9-5-4-8-14(15)16)12-17(22)18-10-13-6-2-1-3-7-13/h4-5,8-9,11,13H,1-3,6-7,10,12H2,(H,18,22). The zero-order chi connectivity index (χ0) is 15.4. The molecule has 1 amide bonds. The van der Waals surface area contributed by atoms with E-state index in [0.29, 0.717) is 16.8 Å². The number of hydrogen-bond donors (Lipinski definition) is 1. The van der Waals surface area contributed by atoms with Gasteiger partial charge in [0.15, 0.2) is 0 Å². The SMILES string of the molecule is O=C(Cn1ncc(=O)c2ccccc21)NCC1CCCCC1. The van der Waals surface area contributed by atoms with Gasteiger partial charge in [0.2, 0.25) is 11.3 Å². The summed E-state index contributed by atoms with van der Waals surface area (Å²) in [6.07, 6.45) is 7.55. The minimum absolute atomic E-state index is 0.0492. The van der Waals surface area contributed by atoms with E-state index in [4.69, 9.17) is 0 Å². The second-order valence-corrected chi connectivity index (χ2v) is 5.99. The Morgan fingerprint density at radius 1 is 1.23 bits per heavy atom. The van der Waals surface area contributed by atoms with Gasteiger partial charge in [0.25, 0.3) is 0 Å². The summed E-state index contributed by atoms with van der Waals surface area (Å²) >= 11 is 0. The number of amides is 1. The first-order chi connectivity index (χ1) is 10.7. The van der Waals surface area contributed by atoms with E-state index in [1.807, 2.05) is 18.2 Å². The highest BCUT2D eigenvalue weighted by Crippen LogP contribution is 2.22. The number of carbonyl (C=O) groups excluding carboxylic acids is 1. The molecule has 5 nitrogen and oxygen atoms in total. The molecule has 0 bridgehead atoms. The van der Waals surface area contributed by atoms with Gasteiger partial charge in [-0.15, -0.1) is 0 Å². The van der Waals surface area contributed by atoms with Crippen molar-refractivity contribution < 1.29 is 4.79 Å². The zero-order valence-electron chi connectivity index (χ0n) is 12.6. The van der Waals surface area contributed by atoms with E-state index < -0.39 is 0 Å². The van der Waals surface area contributed by atoms with Crippen LogP contribution in [-0.4, -0.2) is 22.2 Å². The number of aromatic nitrogens is 2. The first kappa shape index (κ1) is 14.8. The number of nitrogens with zero attached hydrogens (tertiary/aromatic N) is 2. The predicted molar refractivity (Wildman–Crippen MR) is 85.6 cm³/mol. The van der Waals surface area contributed by atoms with Gasteiger partial charge in [0.1, 0.15) is 6.54 Å². The van der Waals surface area contributed by atoms with Crippen LogP contribution in [0.5, 0.6) is 0 Å². The zero-order valence-corrected chi connectivity index (χ0v) is 12.6. The fourth-order valence-corrected chi connectivity index (χ4v) is 3.13. The van der Waals surface area contributed by atoms with E-state index in [9.17, 15) is 9.59 Å². The van der Waals surface area contributed by atoms with Gasteiger partial charge in [-0.2, -0.15) is 5.10 Å². The molecule has 0 saturated heterocycles. The Balaban J connectivity index is 1.66. The van der Waals surface area contributed by atoms with Crippen LogP contribution in [0.1, 0.15) is 32.1 Å². The molecule has 1 saturated carbocycles. The molecule has 0 spiro atoms. The number of benzene rings is 1. The minimum atomic E-state index is -0.116. The molecule has 5 heteroatoms. The fraction of sp³-hybridized carbons (Fsp3) is 0.471. The van der Waals surface area contributed by atoms with Crippen LogP contribution >= 0.6 is 0 Å². The average molecular weight is 299 g/mol. The molecule has 1 fully saturated rings. The first-order valence-electron chi connectivity index (χ1n) is 7.95. The molecule has 0 unspecified atom stereocenters. The monoisotopic (exact) mass is 299 g/mol. The Morgan fingerprint density at radius 2 is 2.00 bits per heavy atom. The summed E-state index contributed by atoms with van der Waals surface area (Å²) in [5.41, 5.74) is 0.581. The molecular formula is C17H21N3O2.